The second-order valence-corrected chi connectivity index (χ2v) is 6.73. The lowest BCUT2D eigenvalue weighted by Crippen LogP contribution is -2.37. The van der Waals surface area contributed by atoms with Crippen molar-refractivity contribution in [2.24, 2.45) is 10.9 Å². The molecule has 1 aromatic rings. The molecule has 0 bridgehead atoms. The van der Waals surface area contributed by atoms with Crippen LogP contribution in [0.5, 0.6) is 5.75 Å². The molecule has 0 radical (unpaired) electrons. The summed E-state index contributed by atoms with van der Waals surface area (Å²) in [6.07, 6.45) is 3.17. The molecule has 1 aliphatic heterocycles. The van der Waals surface area contributed by atoms with Gasteiger partial charge in [0.1, 0.15) is 5.75 Å². The summed E-state index contributed by atoms with van der Waals surface area (Å²) < 4.78 is 16.5. The van der Waals surface area contributed by atoms with Crippen molar-refractivity contribution in [1.29, 1.82) is 0 Å². The first-order valence-electron chi connectivity index (χ1n) is 9.15. The zero-order valence-electron chi connectivity index (χ0n) is 16.1. The van der Waals surface area contributed by atoms with E-state index >= 15 is 0 Å². The molecule has 154 valence electrons. The van der Waals surface area contributed by atoms with Gasteiger partial charge in [0.05, 0.1) is 7.11 Å². The third-order valence-corrected chi connectivity index (χ3v) is 4.61. The highest BCUT2D eigenvalue weighted by atomic mass is 127. The molecule has 0 amide bonds. The number of guanidine groups is 1. The molecule has 27 heavy (non-hydrogen) atoms. The maximum atomic E-state index is 5.99. The number of methoxy groups -OCH3 is 1. The predicted molar refractivity (Wildman–Crippen MR) is 121 cm³/mol. The lowest BCUT2D eigenvalue weighted by atomic mass is 10.0. The number of halogens is 2. The second kappa shape index (κ2) is 14.3. The largest absolute Gasteiger partial charge is 0.496 e. The summed E-state index contributed by atoms with van der Waals surface area (Å²) in [6, 6.07) is 5.61. The Morgan fingerprint density at radius 3 is 2.78 bits per heavy atom. The van der Waals surface area contributed by atoms with Gasteiger partial charge in [0.2, 0.25) is 0 Å². The Morgan fingerprint density at radius 1 is 1.30 bits per heavy atom. The van der Waals surface area contributed by atoms with Gasteiger partial charge in [-0.2, -0.15) is 0 Å². The van der Waals surface area contributed by atoms with Crippen LogP contribution >= 0.6 is 35.6 Å². The van der Waals surface area contributed by atoms with Crippen molar-refractivity contribution in [2.45, 2.75) is 25.8 Å². The van der Waals surface area contributed by atoms with E-state index < -0.39 is 0 Å². The minimum Gasteiger partial charge on any atom is -0.496 e. The smallest absolute Gasteiger partial charge is 0.191 e. The molecule has 1 aromatic carbocycles. The molecule has 0 atom stereocenters. The maximum absolute atomic E-state index is 5.99. The zero-order valence-corrected chi connectivity index (χ0v) is 19.2. The molecule has 0 aliphatic carbocycles. The van der Waals surface area contributed by atoms with Crippen LogP contribution in [0.4, 0.5) is 0 Å². The summed E-state index contributed by atoms with van der Waals surface area (Å²) in [6.45, 7) is 4.76. The molecule has 2 rings (SSSR count). The number of nitrogens with zero attached hydrogens (tertiary/aromatic N) is 1. The molecular weight excluding hydrogens is 481 g/mol. The lowest BCUT2D eigenvalue weighted by molar-refractivity contribution is 0.0203. The lowest BCUT2D eigenvalue weighted by Gasteiger charge is -2.21. The van der Waals surface area contributed by atoms with E-state index in [1.165, 1.54) is 0 Å². The summed E-state index contributed by atoms with van der Waals surface area (Å²) >= 11 is 5.99. The van der Waals surface area contributed by atoms with Crippen molar-refractivity contribution >= 4 is 41.5 Å². The average Bonchev–Trinajstić information content (AvgIpc) is 2.68. The number of hydrogen-bond donors (Lipinski definition) is 2. The standard InChI is InChI=1S/C19H30ClN3O3.HI/c1-21-19(23-13-16-4-5-17(20)12-18(16)24-2)22-8-3-9-26-14-15-6-10-25-11-7-15;/h4-5,12,15H,3,6-11,13-14H2,1-2H3,(H2,21,22,23);1H. The highest BCUT2D eigenvalue weighted by molar-refractivity contribution is 14.0. The number of benzene rings is 1. The Labute approximate surface area is 184 Å². The number of ether oxygens (including phenoxy) is 3. The Balaban J connectivity index is 0.00000364. The Hall–Kier alpha value is -0.770. The monoisotopic (exact) mass is 511 g/mol. The summed E-state index contributed by atoms with van der Waals surface area (Å²) in [5.41, 5.74) is 1.03. The Kier molecular flexibility index (Phi) is 12.8. The van der Waals surface area contributed by atoms with Gasteiger partial charge in [-0.1, -0.05) is 17.7 Å². The molecule has 0 spiro atoms. The van der Waals surface area contributed by atoms with Crippen LogP contribution in [0, 0.1) is 5.92 Å². The second-order valence-electron chi connectivity index (χ2n) is 6.29. The van der Waals surface area contributed by atoms with Crippen LogP contribution in [0.1, 0.15) is 24.8 Å². The van der Waals surface area contributed by atoms with Crippen molar-refractivity contribution in [3.63, 3.8) is 0 Å². The quantitative estimate of drug-likeness (QED) is 0.230. The van der Waals surface area contributed by atoms with Gasteiger partial charge in [0.25, 0.3) is 0 Å². The first kappa shape index (κ1) is 24.3. The molecule has 2 N–H and O–H groups in total. The fraction of sp³-hybridized carbons (Fsp3) is 0.632. The van der Waals surface area contributed by atoms with Crippen molar-refractivity contribution in [3.05, 3.63) is 28.8 Å². The van der Waals surface area contributed by atoms with Crippen molar-refractivity contribution < 1.29 is 14.2 Å². The van der Waals surface area contributed by atoms with Gasteiger partial charge >= 0.3 is 0 Å². The highest BCUT2D eigenvalue weighted by Gasteiger charge is 2.13. The average molecular weight is 512 g/mol. The van der Waals surface area contributed by atoms with Crippen LogP contribution in [-0.2, 0) is 16.0 Å². The minimum atomic E-state index is 0. The first-order valence-corrected chi connectivity index (χ1v) is 9.53. The van der Waals surface area contributed by atoms with Gasteiger partial charge in [-0.25, -0.2) is 0 Å². The molecule has 0 saturated carbocycles. The molecule has 1 aliphatic rings. The maximum Gasteiger partial charge on any atom is 0.191 e. The predicted octanol–water partition coefficient (Wildman–Crippen LogP) is 3.46. The van der Waals surface area contributed by atoms with E-state index in [1.54, 1.807) is 14.2 Å². The van der Waals surface area contributed by atoms with Crippen LogP contribution in [0.3, 0.4) is 0 Å². The topological polar surface area (TPSA) is 64.1 Å². The minimum absolute atomic E-state index is 0. The summed E-state index contributed by atoms with van der Waals surface area (Å²) in [5.74, 6) is 2.17. The molecule has 1 saturated heterocycles. The number of rotatable bonds is 9. The van der Waals surface area contributed by atoms with E-state index in [0.717, 1.165) is 69.5 Å². The summed E-state index contributed by atoms with van der Waals surface area (Å²) in [5, 5.41) is 7.24. The van der Waals surface area contributed by atoms with Crippen molar-refractivity contribution in [3.8, 4) is 5.75 Å². The van der Waals surface area contributed by atoms with Crippen molar-refractivity contribution in [2.75, 3.05) is 47.1 Å². The van der Waals surface area contributed by atoms with E-state index in [2.05, 4.69) is 15.6 Å². The number of aliphatic imine (C=N–C) groups is 1. The zero-order chi connectivity index (χ0) is 18.6. The normalized spacial score (nSPS) is 15.1. The summed E-state index contributed by atoms with van der Waals surface area (Å²) in [7, 11) is 3.40. The molecule has 0 aromatic heterocycles. The van der Waals surface area contributed by atoms with Crippen molar-refractivity contribution in [1.82, 2.24) is 10.6 Å². The van der Waals surface area contributed by atoms with E-state index in [9.17, 15) is 0 Å². The molecule has 0 unspecified atom stereocenters. The van der Waals surface area contributed by atoms with Gasteiger partial charge in [-0.15, -0.1) is 24.0 Å². The van der Waals surface area contributed by atoms with E-state index in [1.807, 2.05) is 18.2 Å². The van der Waals surface area contributed by atoms with Crippen LogP contribution < -0.4 is 15.4 Å². The Morgan fingerprint density at radius 2 is 2.07 bits per heavy atom. The summed E-state index contributed by atoms with van der Waals surface area (Å²) in [4.78, 5) is 4.24. The third kappa shape index (κ3) is 9.32. The fourth-order valence-electron chi connectivity index (χ4n) is 2.81. The van der Waals surface area contributed by atoms with E-state index in [0.29, 0.717) is 17.5 Å². The van der Waals surface area contributed by atoms with E-state index in [4.69, 9.17) is 25.8 Å². The van der Waals surface area contributed by atoms with Crippen LogP contribution in [0.15, 0.2) is 23.2 Å². The van der Waals surface area contributed by atoms with Crippen LogP contribution in [-0.4, -0.2) is 53.1 Å². The van der Waals surface area contributed by atoms with Gasteiger partial charge in [0.15, 0.2) is 5.96 Å². The van der Waals surface area contributed by atoms with Gasteiger partial charge in [-0.05, 0) is 37.3 Å². The van der Waals surface area contributed by atoms with Crippen LogP contribution in [0.2, 0.25) is 5.02 Å². The van der Waals surface area contributed by atoms with E-state index in [-0.39, 0.29) is 24.0 Å². The molecule has 1 fully saturated rings. The molecular formula is C19H31ClIN3O3. The number of nitrogens with one attached hydrogen (secondary N) is 2. The third-order valence-electron chi connectivity index (χ3n) is 4.37. The van der Waals surface area contributed by atoms with Gasteiger partial charge < -0.3 is 24.8 Å². The number of hydrogen-bond acceptors (Lipinski definition) is 4. The first-order chi connectivity index (χ1) is 12.7. The molecule has 1 heterocycles. The van der Waals surface area contributed by atoms with Gasteiger partial charge in [-0.3, -0.25) is 4.99 Å². The SMILES string of the molecule is CN=C(NCCCOCC1CCOCC1)NCc1ccc(Cl)cc1OC.I. The van der Waals surface area contributed by atoms with Gasteiger partial charge in [0, 0.05) is 57.2 Å². The highest BCUT2D eigenvalue weighted by Crippen LogP contribution is 2.22. The molecule has 6 nitrogen and oxygen atoms in total. The fourth-order valence-corrected chi connectivity index (χ4v) is 2.97. The Bertz CT molecular complexity index is 569. The molecule has 8 heteroatoms. The van der Waals surface area contributed by atoms with Crippen LogP contribution in [0.25, 0.3) is 0 Å².